The summed E-state index contributed by atoms with van der Waals surface area (Å²) in [4.78, 5) is 8.38. The van der Waals surface area contributed by atoms with Gasteiger partial charge in [-0.2, -0.15) is 0 Å². The standard InChI is InChI=1S/C12H16N4/c1-2-16-7-6-15-12(16)11(13)8-10-4-3-5-14-9-10/h3-7,9,11H,2,8,13H2,1H3. The fourth-order valence-corrected chi connectivity index (χ4v) is 1.78. The molecule has 2 aromatic heterocycles. The highest BCUT2D eigenvalue weighted by Gasteiger charge is 2.12. The predicted molar refractivity (Wildman–Crippen MR) is 62.8 cm³/mol. The van der Waals surface area contributed by atoms with Crippen molar-refractivity contribution >= 4 is 0 Å². The lowest BCUT2D eigenvalue weighted by atomic mass is 10.1. The Morgan fingerprint density at radius 3 is 3.00 bits per heavy atom. The van der Waals surface area contributed by atoms with Gasteiger partial charge in [0.1, 0.15) is 5.82 Å². The summed E-state index contributed by atoms with van der Waals surface area (Å²) >= 11 is 0. The van der Waals surface area contributed by atoms with Crippen LogP contribution in [0.5, 0.6) is 0 Å². The summed E-state index contributed by atoms with van der Waals surface area (Å²) < 4.78 is 2.07. The van der Waals surface area contributed by atoms with Gasteiger partial charge in [0.15, 0.2) is 0 Å². The molecule has 0 fully saturated rings. The van der Waals surface area contributed by atoms with Crippen LogP contribution in [0.2, 0.25) is 0 Å². The van der Waals surface area contributed by atoms with E-state index in [9.17, 15) is 0 Å². The van der Waals surface area contributed by atoms with Gasteiger partial charge in [0.25, 0.3) is 0 Å². The van der Waals surface area contributed by atoms with E-state index in [1.54, 1.807) is 12.4 Å². The zero-order valence-corrected chi connectivity index (χ0v) is 9.37. The van der Waals surface area contributed by atoms with Crippen molar-refractivity contribution < 1.29 is 0 Å². The molecule has 0 aliphatic rings. The molecule has 2 aromatic rings. The second-order valence-electron chi connectivity index (χ2n) is 3.74. The van der Waals surface area contributed by atoms with E-state index in [-0.39, 0.29) is 6.04 Å². The number of nitrogens with zero attached hydrogens (tertiary/aromatic N) is 3. The number of aryl methyl sites for hydroxylation is 1. The van der Waals surface area contributed by atoms with Gasteiger partial charge in [-0.3, -0.25) is 4.98 Å². The van der Waals surface area contributed by atoms with Crippen molar-refractivity contribution in [3.8, 4) is 0 Å². The molecule has 0 saturated carbocycles. The van der Waals surface area contributed by atoms with Crippen LogP contribution in [0.25, 0.3) is 0 Å². The van der Waals surface area contributed by atoms with E-state index in [4.69, 9.17) is 5.73 Å². The zero-order valence-electron chi connectivity index (χ0n) is 9.37. The molecule has 0 radical (unpaired) electrons. The number of aromatic nitrogens is 3. The van der Waals surface area contributed by atoms with Crippen LogP contribution >= 0.6 is 0 Å². The summed E-state index contributed by atoms with van der Waals surface area (Å²) in [5.41, 5.74) is 7.28. The summed E-state index contributed by atoms with van der Waals surface area (Å²) in [5, 5.41) is 0. The summed E-state index contributed by atoms with van der Waals surface area (Å²) in [6, 6.07) is 3.89. The van der Waals surface area contributed by atoms with Crippen LogP contribution in [0.3, 0.4) is 0 Å². The van der Waals surface area contributed by atoms with Crippen molar-refractivity contribution in [2.24, 2.45) is 5.73 Å². The lowest BCUT2D eigenvalue weighted by Gasteiger charge is -2.12. The smallest absolute Gasteiger partial charge is 0.125 e. The van der Waals surface area contributed by atoms with E-state index in [1.165, 1.54) is 0 Å². The summed E-state index contributed by atoms with van der Waals surface area (Å²) in [6.45, 7) is 2.98. The molecule has 0 aliphatic heterocycles. The highest BCUT2D eigenvalue weighted by molar-refractivity contribution is 5.12. The van der Waals surface area contributed by atoms with E-state index < -0.39 is 0 Å². The van der Waals surface area contributed by atoms with Crippen LogP contribution in [0.1, 0.15) is 24.4 Å². The molecular formula is C12H16N4. The van der Waals surface area contributed by atoms with Gasteiger partial charge >= 0.3 is 0 Å². The molecule has 2 N–H and O–H groups in total. The Kier molecular flexibility index (Phi) is 3.31. The van der Waals surface area contributed by atoms with E-state index in [1.807, 2.05) is 24.5 Å². The molecule has 2 heterocycles. The first-order valence-corrected chi connectivity index (χ1v) is 5.46. The third kappa shape index (κ3) is 2.28. The molecular weight excluding hydrogens is 200 g/mol. The van der Waals surface area contributed by atoms with E-state index >= 15 is 0 Å². The molecule has 4 nitrogen and oxygen atoms in total. The Balaban J connectivity index is 2.11. The third-order valence-corrected chi connectivity index (χ3v) is 2.60. The summed E-state index contributed by atoms with van der Waals surface area (Å²) in [5.74, 6) is 0.936. The van der Waals surface area contributed by atoms with Gasteiger partial charge in [0.2, 0.25) is 0 Å². The van der Waals surface area contributed by atoms with Crippen LogP contribution in [0.15, 0.2) is 36.9 Å². The number of hydrogen-bond acceptors (Lipinski definition) is 3. The van der Waals surface area contributed by atoms with Crippen molar-refractivity contribution in [2.45, 2.75) is 25.9 Å². The second-order valence-corrected chi connectivity index (χ2v) is 3.74. The Morgan fingerprint density at radius 1 is 1.44 bits per heavy atom. The van der Waals surface area contributed by atoms with Gasteiger partial charge < -0.3 is 10.3 Å². The van der Waals surface area contributed by atoms with Gasteiger partial charge in [-0.05, 0) is 25.0 Å². The third-order valence-electron chi connectivity index (χ3n) is 2.60. The van der Waals surface area contributed by atoms with Gasteiger partial charge in [-0.1, -0.05) is 6.07 Å². The normalized spacial score (nSPS) is 12.6. The van der Waals surface area contributed by atoms with Crippen LogP contribution < -0.4 is 5.73 Å². The van der Waals surface area contributed by atoms with Gasteiger partial charge in [-0.25, -0.2) is 4.98 Å². The lowest BCUT2D eigenvalue weighted by molar-refractivity contribution is 0.599. The van der Waals surface area contributed by atoms with Crippen molar-refractivity contribution in [2.75, 3.05) is 0 Å². The molecule has 0 spiro atoms. The van der Waals surface area contributed by atoms with Crippen molar-refractivity contribution in [1.82, 2.24) is 14.5 Å². The number of imidazole rings is 1. The lowest BCUT2D eigenvalue weighted by Crippen LogP contribution is -2.18. The SMILES string of the molecule is CCn1ccnc1C(N)Cc1cccnc1. The first kappa shape index (κ1) is 10.8. The molecule has 0 bridgehead atoms. The molecule has 1 atom stereocenters. The molecule has 1 unspecified atom stereocenters. The Hall–Kier alpha value is -1.68. The minimum Gasteiger partial charge on any atom is -0.334 e. The minimum atomic E-state index is -0.0702. The van der Waals surface area contributed by atoms with Crippen LogP contribution in [-0.2, 0) is 13.0 Å². The first-order chi connectivity index (χ1) is 7.81. The molecule has 0 aromatic carbocycles. The molecule has 0 amide bonds. The minimum absolute atomic E-state index is 0.0702. The monoisotopic (exact) mass is 216 g/mol. The van der Waals surface area contributed by atoms with Crippen molar-refractivity contribution in [3.63, 3.8) is 0 Å². The maximum Gasteiger partial charge on any atom is 0.125 e. The molecule has 0 aliphatic carbocycles. The maximum absolute atomic E-state index is 6.14. The fraction of sp³-hybridized carbons (Fsp3) is 0.333. The van der Waals surface area contributed by atoms with Crippen LogP contribution in [-0.4, -0.2) is 14.5 Å². The Morgan fingerprint density at radius 2 is 2.31 bits per heavy atom. The Bertz CT molecular complexity index is 435. The molecule has 4 heteroatoms. The molecule has 84 valence electrons. The summed E-state index contributed by atoms with van der Waals surface area (Å²) in [7, 11) is 0. The first-order valence-electron chi connectivity index (χ1n) is 5.46. The fourth-order valence-electron chi connectivity index (χ4n) is 1.78. The largest absolute Gasteiger partial charge is 0.334 e. The van der Waals surface area contributed by atoms with E-state index in [2.05, 4.69) is 21.5 Å². The number of hydrogen-bond donors (Lipinski definition) is 1. The zero-order chi connectivity index (χ0) is 11.4. The van der Waals surface area contributed by atoms with Crippen molar-refractivity contribution in [3.05, 3.63) is 48.3 Å². The second kappa shape index (κ2) is 4.90. The molecule has 2 rings (SSSR count). The van der Waals surface area contributed by atoms with Gasteiger partial charge in [0, 0.05) is 31.3 Å². The predicted octanol–water partition coefficient (Wildman–Crippen LogP) is 1.54. The van der Waals surface area contributed by atoms with Crippen LogP contribution in [0.4, 0.5) is 0 Å². The average Bonchev–Trinajstić information content (AvgIpc) is 2.78. The molecule has 16 heavy (non-hydrogen) atoms. The Labute approximate surface area is 95.1 Å². The van der Waals surface area contributed by atoms with Crippen molar-refractivity contribution in [1.29, 1.82) is 0 Å². The maximum atomic E-state index is 6.14. The average molecular weight is 216 g/mol. The highest BCUT2D eigenvalue weighted by Crippen LogP contribution is 2.13. The highest BCUT2D eigenvalue weighted by atomic mass is 15.1. The number of rotatable bonds is 4. The van der Waals surface area contributed by atoms with Gasteiger partial charge in [-0.15, -0.1) is 0 Å². The molecule has 0 saturated heterocycles. The topological polar surface area (TPSA) is 56.7 Å². The van der Waals surface area contributed by atoms with Gasteiger partial charge in [0.05, 0.1) is 6.04 Å². The van der Waals surface area contributed by atoms with Crippen LogP contribution in [0, 0.1) is 0 Å². The summed E-state index contributed by atoms with van der Waals surface area (Å²) in [6.07, 6.45) is 8.13. The quantitative estimate of drug-likeness (QED) is 0.843. The van der Waals surface area contributed by atoms with E-state index in [0.29, 0.717) is 0 Å². The number of nitrogens with two attached hydrogens (primary N) is 1. The number of pyridine rings is 1. The van der Waals surface area contributed by atoms with E-state index in [0.717, 1.165) is 24.4 Å².